The van der Waals surface area contributed by atoms with Gasteiger partial charge >= 0.3 is 0 Å². The van der Waals surface area contributed by atoms with Crippen LogP contribution in [-0.4, -0.2) is 32.4 Å². The molecule has 2 atom stereocenters. The van der Waals surface area contributed by atoms with E-state index in [1.807, 2.05) is 37.3 Å². The van der Waals surface area contributed by atoms with Crippen LogP contribution in [0.2, 0.25) is 0 Å². The van der Waals surface area contributed by atoms with Gasteiger partial charge in [-0.1, -0.05) is 30.3 Å². The second kappa shape index (κ2) is 6.67. The Morgan fingerprint density at radius 2 is 2.10 bits per heavy atom. The van der Waals surface area contributed by atoms with E-state index in [2.05, 4.69) is 4.72 Å². The van der Waals surface area contributed by atoms with Crippen LogP contribution in [0.3, 0.4) is 0 Å². The van der Waals surface area contributed by atoms with E-state index in [1.165, 1.54) is 4.31 Å². The van der Waals surface area contributed by atoms with Gasteiger partial charge in [-0.2, -0.15) is 17.4 Å². The van der Waals surface area contributed by atoms with Gasteiger partial charge in [-0.25, -0.2) is 0 Å². The molecule has 0 bridgehead atoms. The smallest absolute Gasteiger partial charge is 0.280 e. The number of benzene rings is 1. The lowest BCUT2D eigenvalue weighted by atomic mass is 10.0. The minimum Gasteiger partial charge on any atom is -0.330 e. The molecule has 1 saturated heterocycles. The van der Waals surface area contributed by atoms with Crippen molar-refractivity contribution < 1.29 is 8.42 Å². The molecule has 0 aliphatic carbocycles. The van der Waals surface area contributed by atoms with Crippen molar-refractivity contribution in [3.63, 3.8) is 0 Å². The van der Waals surface area contributed by atoms with E-state index in [0.29, 0.717) is 19.6 Å². The quantitative estimate of drug-likeness (QED) is 0.859. The Hall–Kier alpha value is -0.950. The molecule has 0 amide bonds. The van der Waals surface area contributed by atoms with Crippen LogP contribution < -0.4 is 10.5 Å². The number of nitrogens with two attached hydrogens (primary N) is 1. The van der Waals surface area contributed by atoms with Crippen molar-refractivity contribution in [1.82, 2.24) is 9.03 Å². The van der Waals surface area contributed by atoms with E-state index in [-0.39, 0.29) is 12.0 Å². The Bertz CT molecular complexity index is 518. The highest BCUT2D eigenvalue weighted by Gasteiger charge is 2.29. The molecule has 2 unspecified atom stereocenters. The number of hydrogen-bond donors (Lipinski definition) is 2. The molecular formula is C14H23N3O2S. The van der Waals surface area contributed by atoms with E-state index in [1.54, 1.807) is 0 Å². The summed E-state index contributed by atoms with van der Waals surface area (Å²) in [4.78, 5) is 0. The normalized spacial score (nSPS) is 22.6. The van der Waals surface area contributed by atoms with Gasteiger partial charge in [-0.3, -0.25) is 0 Å². The Morgan fingerprint density at radius 3 is 2.75 bits per heavy atom. The summed E-state index contributed by atoms with van der Waals surface area (Å²) < 4.78 is 29.1. The Labute approximate surface area is 121 Å². The molecule has 1 fully saturated rings. The van der Waals surface area contributed by atoms with Crippen molar-refractivity contribution in [2.45, 2.75) is 25.8 Å². The van der Waals surface area contributed by atoms with Gasteiger partial charge in [0.2, 0.25) is 0 Å². The molecule has 1 aliphatic heterocycles. The van der Waals surface area contributed by atoms with Crippen LogP contribution in [0.15, 0.2) is 30.3 Å². The molecule has 0 radical (unpaired) electrons. The lowest BCUT2D eigenvalue weighted by Crippen LogP contribution is -2.47. The van der Waals surface area contributed by atoms with Gasteiger partial charge in [-0.15, -0.1) is 0 Å². The highest BCUT2D eigenvalue weighted by atomic mass is 32.2. The number of nitrogens with zero attached hydrogens (tertiary/aromatic N) is 1. The van der Waals surface area contributed by atoms with Gasteiger partial charge in [0, 0.05) is 19.1 Å². The molecule has 0 aromatic heterocycles. The van der Waals surface area contributed by atoms with Crippen LogP contribution >= 0.6 is 0 Å². The van der Waals surface area contributed by atoms with Crippen LogP contribution in [0.5, 0.6) is 0 Å². The van der Waals surface area contributed by atoms with Crippen LogP contribution in [0.1, 0.15) is 31.4 Å². The van der Waals surface area contributed by atoms with Crippen molar-refractivity contribution in [2.24, 2.45) is 11.7 Å². The maximum atomic E-state index is 12.4. The molecule has 0 spiro atoms. The summed E-state index contributed by atoms with van der Waals surface area (Å²) in [7, 11) is -3.45. The van der Waals surface area contributed by atoms with E-state index < -0.39 is 10.2 Å². The molecule has 112 valence electrons. The Morgan fingerprint density at radius 1 is 1.40 bits per heavy atom. The molecule has 1 aliphatic rings. The van der Waals surface area contributed by atoms with Crippen molar-refractivity contribution in [2.75, 3.05) is 19.6 Å². The van der Waals surface area contributed by atoms with E-state index in [4.69, 9.17) is 5.73 Å². The second-order valence-corrected chi connectivity index (χ2v) is 7.06. The van der Waals surface area contributed by atoms with E-state index in [9.17, 15) is 8.42 Å². The number of piperidine rings is 1. The largest absolute Gasteiger partial charge is 0.330 e. The molecule has 1 heterocycles. The molecule has 20 heavy (non-hydrogen) atoms. The average Bonchev–Trinajstić information content (AvgIpc) is 2.48. The lowest BCUT2D eigenvalue weighted by Gasteiger charge is -2.32. The summed E-state index contributed by atoms with van der Waals surface area (Å²) in [5, 5.41) is 0. The maximum absolute atomic E-state index is 12.4. The first kappa shape index (κ1) is 15.4. The number of nitrogens with one attached hydrogen (secondary N) is 1. The fourth-order valence-corrected chi connectivity index (χ4v) is 4.05. The van der Waals surface area contributed by atoms with Crippen LogP contribution in [0.25, 0.3) is 0 Å². The van der Waals surface area contributed by atoms with Gasteiger partial charge in [0.1, 0.15) is 0 Å². The van der Waals surface area contributed by atoms with Crippen LogP contribution in [0.4, 0.5) is 0 Å². The summed E-state index contributed by atoms with van der Waals surface area (Å²) in [5.41, 5.74) is 6.62. The monoisotopic (exact) mass is 297 g/mol. The summed E-state index contributed by atoms with van der Waals surface area (Å²) in [5.74, 6) is 0.271. The van der Waals surface area contributed by atoms with Crippen LogP contribution in [-0.2, 0) is 10.2 Å². The summed E-state index contributed by atoms with van der Waals surface area (Å²) >= 11 is 0. The zero-order valence-corrected chi connectivity index (χ0v) is 12.6. The summed E-state index contributed by atoms with van der Waals surface area (Å²) in [6, 6.07) is 9.34. The highest BCUT2D eigenvalue weighted by molar-refractivity contribution is 7.87. The molecule has 1 aromatic rings. The number of hydrogen-bond acceptors (Lipinski definition) is 3. The summed E-state index contributed by atoms with van der Waals surface area (Å²) in [6.45, 7) is 3.50. The zero-order chi connectivity index (χ0) is 14.6. The van der Waals surface area contributed by atoms with E-state index >= 15 is 0 Å². The van der Waals surface area contributed by atoms with Crippen molar-refractivity contribution >= 4 is 10.2 Å². The zero-order valence-electron chi connectivity index (χ0n) is 11.8. The van der Waals surface area contributed by atoms with E-state index in [0.717, 1.165) is 18.4 Å². The molecule has 1 aromatic carbocycles. The average molecular weight is 297 g/mol. The molecule has 3 N–H and O–H groups in total. The highest BCUT2D eigenvalue weighted by Crippen LogP contribution is 2.20. The minimum absolute atomic E-state index is 0.237. The minimum atomic E-state index is -3.45. The van der Waals surface area contributed by atoms with Gasteiger partial charge in [-0.05, 0) is 37.8 Å². The summed E-state index contributed by atoms with van der Waals surface area (Å²) in [6.07, 6.45) is 1.89. The fraction of sp³-hybridized carbons (Fsp3) is 0.571. The number of rotatable bonds is 5. The second-order valence-electron chi connectivity index (χ2n) is 5.36. The van der Waals surface area contributed by atoms with Gasteiger partial charge in [0.05, 0.1) is 0 Å². The molecule has 5 nitrogen and oxygen atoms in total. The molecule has 6 heteroatoms. The first-order chi connectivity index (χ1) is 9.53. The lowest BCUT2D eigenvalue weighted by molar-refractivity contribution is 0.267. The first-order valence-electron chi connectivity index (χ1n) is 7.05. The molecular weight excluding hydrogens is 274 g/mol. The van der Waals surface area contributed by atoms with Crippen molar-refractivity contribution in [1.29, 1.82) is 0 Å². The Balaban J connectivity index is 2.03. The van der Waals surface area contributed by atoms with Gasteiger partial charge < -0.3 is 5.73 Å². The third-order valence-electron chi connectivity index (χ3n) is 3.78. The Kier molecular flexibility index (Phi) is 5.15. The first-order valence-corrected chi connectivity index (χ1v) is 8.49. The standard InChI is InChI=1S/C14H23N3O2S/c1-12(14-7-3-2-4-8-14)16-20(18,19)17-9-5-6-13(10-15)11-17/h2-4,7-8,12-13,16H,5-6,9-11,15H2,1H3. The predicted octanol–water partition coefficient (Wildman–Crippen LogP) is 1.25. The third kappa shape index (κ3) is 3.79. The van der Waals surface area contributed by atoms with Crippen LogP contribution in [0, 0.1) is 5.92 Å². The maximum Gasteiger partial charge on any atom is 0.280 e. The topological polar surface area (TPSA) is 75.4 Å². The van der Waals surface area contributed by atoms with Crippen molar-refractivity contribution in [3.8, 4) is 0 Å². The SMILES string of the molecule is CC(NS(=O)(=O)N1CCCC(CN)C1)c1ccccc1. The van der Waals surface area contributed by atoms with Gasteiger partial charge in [0.15, 0.2) is 0 Å². The predicted molar refractivity (Wildman–Crippen MR) is 80.3 cm³/mol. The molecule has 2 rings (SSSR count). The fourth-order valence-electron chi connectivity index (χ4n) is 2.55. The molecule has 0 saturated carbocycles. The third-order valence-corrected chi connectivity index (χ3v) is 5.44. The van der Waals surface area contributed by atoms with Gasteiger partial charge in [0.25, 0.3) is 10.2 Å². The van der Waals surface area contributed by atoms with Crippen molar-refractivity contribution in [3.05, 3.63) is 35.9 Å².